The second-order valence-corrected chi connectivity index (χ2v) is 6.40. The van der Waals surface area contributed by atoms with Gasteiger partial charge >= 0.3 is 5.97 Å². The van der Waals surface area contributed by atoms with Gasteiger partial charge in [-0.3, -0.25) is 19.7 Å². The van der Waals surface area contributed by atoms with Gasteiger partial charge in [-0.25, -0.2) is 9.48 Å². The summed E-state index contributed by atoms with van der Waals surface area (Å²) in [6, 6.07) is 8.69. The van der Waals surface area contributed by atoms with Crippen LogP contribution in [0.3, 0.4) is 0 Å². The van der Waals surface area contributed by atoms with E-state index in [0.717, 1.165) is 10.4 Å². The minimum atomic E-state index is -0.779. The van der Waals surface area contributed by atoms with E-state index in [1.165, 1.54) is 31.3 Å². The van der Waals surface area contributed by atoms with Crippen LogP contribution in [0.5, 0.6) is 0 Å². The molecule has 1 aliphatic heterocycles. The molecule has 0 radical (unpaired) electrons. The Hall–Kier alpha value is -3.76. The highest BCUT2D eigenvalue weighted by atomic mass is 16.6. The van der Waals surface area contributed by atoms with E-state index in [4.69, 9.17) is 4.74 Å². The quantitative estimate of drug-likeness (QED) is 0.395. The summed E-state index contributed by atoms with van der Waals surface area (Å²) in [4.78, 5) is 49.5. The fourth-order valence-electron chi connectivity index (χ4n) is 2.90. The summed E-state index contributed by atoms with van der Waals surface area (Å²) in [5.74, 6) is -1.11. The van der Waals surface area contributed by atoms with Crippen molar-refractivity contribution in [1.82, 2.24) is 14.7 Å². The SMILES string of the molecule is Cn1nc(C(=O)OCC(=O)N2CCN(c3ccc([N+](=O)[O-])cc3)CC2)ccc1=O. The summed E-state index contributed by atoms with van der Waals surface area (Å²) in [5, 5.41) is 14.5. The number of carbonyl (C=O) groups is 2. The lowest BCUT2D eigenvalue weighted by molar-refractivity contribution is -0.384. The van der Waals surface area contributed by atoms with Gasteiger partial charge in [0.25, 0.3) is 17.2 Å². The minimum Gasteiger partial charge on any atom is -0.451 e. The number of aryl methyl sites for hydroxylation is 1. The van der Waals surface area contributed by atoms with E-state index in [2.05, 4.69) is 5.10 Å². The zero-order valence-electron chi connectivity index (χ0n) is 15.7. The van der Waals surface area contributed by atoms with Crippen molar-refractivity contribution < 1.29 is 19.2 Å². The van der Waals surface area contributed by atoms with Crippen LogP contribution < -0.4 is 10.5 Å². The molecule has 0 aliphatic carbocycles. The van der Waals surface area contributed by atoms with Crippen molar-refractivity contribution in [3.8, 4) is 0 Å². The summed E-state index contributed by atoms with van der Waals surface area (Å²) < 4.78 is 6.01. The number of amides is 1. The first-order chi connectivity index (χ1) is 13.8. The van der Waals surface area contributed by atoms with Gasteiger partial charge in [0.15, 0.2) is 12.3 Å². The molecule has 2 aromatic rings. The van der Waals surface area contributed by atoms with E-state index in [-0.39, 0.29) is 22.8 Å². The first-order valence-corrected chi connectivity index (χ1v) is 8.84. The molecule has 152 valence electrons. The van der Waals surface area contributed by atoms with Crippen LogP contribution in [-0.2, 0) is 16.6 Å². The van der Waals surface area contributed by atoms with Crippen LogP contribution in [0, 0.1) is 10.1 Å². The molecule has 0 atom stereocenters. The normalized spacial score (nSPS) is 13.8. The van der Waals surface area contributed by atoms with Crippen molar-refractivity contribution in [2.75, 3.05) is 37.7 Å². The van der Waals surface area contributed by atoms with E-state index in [9.17, 15) is 24.5 Å². The fourth-order valence-corrected chi connectivity index (χ4v) is 2.90. The van der Waals surface area contributed by atoms with Gasteiger partial charge in [-0.15, -0.1) is 0 Å². The number of non-ortho nitro benzene ring substituents is 1. The summed E-state index contributed by atoms with van der Waals surface area (Å²) in [5.41, 5.74) is 0.457. The molecular weight excluding hydrogens is 382 g/mol. The average molecular weight is 401 g/mol. The standard InChI is InChI=1S/C18H19N5O6/c1-20-16(24)7-6-15(19-20)18(26)29-12-17(25)22-10-8-21(9-11-22)13-2-4-14(5-3-13)23(27)28/h2-7H,8-12H2,1H3. The van der Waals surface area contributed by atoms with Crippen molar-refractivity contribution in [3.05, 3.63) is 62.6 Å². The Bertz CT molecular complexity index is 979. The molecule has 0 N–H and O–H groups in total. The van der Waals surface area contributed by atoms with E-state index in [1.54, 1.807) is 17.0 Å². The molecule has 0 saturated carbocycles. The molecule has 1 aromatic carbocycles. The molecule has 11 nitrogen and oxygen atoms in total. The second kappa shape index (κ2) is 8.50. The van der Waals surface area contributed by atoms with Gasteiger partial charge in [-0.2, -0.15) is 5.10 Å². The summed E-state index contributed by atoms with van der Waals surface area (Å²) in [6.45, 7) is 1.57. The highest BCUT2D eigenvalue weighted by Gasteiger charge is 2.23. The number of ether oxygens (including phenoxy) is 1. The number of nitro benzene ring substituents is 1. The number of aromatic nitrogens is 2. The smallest absolute Gasteiger partial charge is 0.359 e. The third-order valence-corrected chi connectivity index (χ3v) is 4.55. The first kappa shape index (κ1) is 20.0. The Balaban J connectivity index is 1.49. The number of nitrogens with zero attached hydrogens (tertiary/aromatic N) is 5. The number of rotatable bonds is 5. The number of benzene rings is 1. The third kappa shape index (κ3) is 4.75. The van der Waals surface area contributed by atoms with Crippen molar-refractivity contribution in [2.24, 2.45) is 7.05 Å². The topological polar surface area (TPSA) is 128 Å². The summed E-state index contributed by atoms with van der Waals surface area (Å²) in [6.07, 6.45) is 0. The largest absolute Gasteiger partial charge is 0.451 e. The lowest BCUT2D eigenvalue weighted by Gasteiger charge is -2.36. The Morgan fingerprint density at radius 2 is 1.76 bits per heavy atom. The molecule has 1 aliphatic rings. The molecule has 1 saturated heterocycles. The maximum Gasteiger partial charge on any atom is 0.359 e. The number of piperazine rings is 1. The number of carbonyl (C=O) groups excluding carboxylic acids is 2. The highest BCUT2D eigenvalue weighted by Crippen LogP contribution is 2.20. The van der Waals surface area contributed by atoms with Crippen molar-refractivity contribution in [1.29, 1.82) is 0 Å². The Labute approximate surface area is 165 Å². The predicted octanol–water partition coefficient (Wildman–Crippen LogP) is 0.194. The number of esters is 1. The zero-order chi connectivity index (χ0) is 21.0. The molecule has 0 bridgehead atoms. The van der Waals surface area contributed by atoms with Crippen LogP contribution >= 0.6 is 0 Å². The van der Waals surface area contributed by atoms with E-state index < -0.39 is 17.5 Å². The molecule has 1 aromatic heterocycles. The summed E-state index contributed by atoms with van der Waals surface area (Å²) >= 11 is 0. The van der Waals surface area contributed by atoms with Crippen LogP contribution in [0.1, 0.15) is 10.5 Å². The lowest BCUT2D eigenvalue weighted by Crippen LogP contribution is -2.49. The van der Waals surface area contributed by atoms with Gasteiger partial charge in [0.1, 0.15) is 0 Å². The van der Waals surface area contributed by atoms with Gasteiger partial charge in [0.05, 0.1) is 4.92 Å². The van der Waals surface area contributed by atoms with Gasteiger partial charge < -0.3 is 14.5 Å². The second-order valence-electron chi connectivity index (χ2n) is 6.40. The Morgan fingerprint density at radius 1 is 1.10 bits per heavy atom. The average Bonchev–Trinajstić information content (AvgIpc) is 2.74. The van der Waals surface area contributed by atoms with Crippen LogP contribution in [0.25, 0.3) is 0 Å². The number of hydrogen-bond donors (Lipinski definition) is 0. The van der Waals surface area contributed by atoms with Crippen molar-refractivity contribution >= 4 is 23.3 Å². The van der Waals surface area contributed by atoms with Gasteiger partial charge in [0, 0.05) is 57.1 Å². The molecule has 11 heteroatoms. The molecule has 1 amide bonds. The van der Waals surface area contributed by atoms with Crippen LogP contribution in [0.4, 0.5) is 11.4 Å². The molecule has 3 rings (SSSR count). The van der Waals surface area contributed by atoms with E-state index in [1.807, 2.05) is 4.90 Å². The highest BCUT2D eigenvalue weighted by molar-refractivity contribution is 5.89. The monoisotopic (exact) mass is 401 g/mol. The molecule has 2 heterocycles. The fraction of sp³-hybridized carbons (Fsp3) is 0.333. The number of nitro groups is 1. The van der Waals surface area contributed by atoms with Gasteiger partial charge in [-0.1, -0.05) is 0 Å². The first-order valence-electron chi connectivity index (χ1n) is 8.84. The minimum absolute atomic E-state index is 0.0253. The molecule has 0 spiro atoms. The van der Waals surface area contributed by atoms with Crippen LogP contribution in [0.2, 0.25) is 0 Å². The van der Waals surface area contributed by atoms with Crippen molar-refractivity contribution in [2.45, 2.75) is 0 Å². The maximum absolute atomic E-state index is 12.3. The molecular formula is C18H19N5O6. The molecule has 0 unspecified atom stereocenters. The Kier molecular flexibility index (Phi) is 5.86. The lowest BCUT2D eigenvalue weighted by atomic mass is 10.2. The summed E-state index contributed by atoms with van der Waals surface area (Å²) in [7, 11) is 1.41. The number of anilines is 1. The van der Waals surface area contributed by atoms with E-state index >= 15 is 0 Å². The van der Waals surface area contributed by atoms with Crippen LogP contribution in [-0.4, -0.2) is 64.3 Å². The van der Waals surface area contributed by atoms with Crippen molar-refractivity contribution in [3.63, 3.8) is 0 Å². The van der Waals surface area contributed by atoms with E-state index in [0.29, 0.717) is 26.2 Å². The zero-order valence-corrected chi connectivity index (χ0v) is 15.7. The number of hydrogen-bond acceptors (Lipinski definition) is 8. The van der Waals surface area contributed by atoms with Crippen LogP contribution in [0.15, 0.2) is 41.2 Å². The molecule has 1 fully saturated rings. The van der Waals surface area contributed by atoms with Gasteiger partial charge in [0.2, 0.25) is 0 Å². The van der Waals surface area contributed by atoms with Gasteiger partial charge in [-0.05, 0) is 18.2 Å². The predicted molar refractivity (Wildman–Crippen MR) is 102 cm³/mol. The Morgan fingerprint density at radius 3 is 2.34 bits per heavy atom. The maximum atomic E-state index is 12.3. The third-order valence-electron chi connectivity index (χ3n) is 4.55. The molecule has 29 heavy (non-hydrogen) atoms.